The molecule has 0 saturated heterocycles. The highest BCUT2D eigenvalue weighted by Gasteiger charge is 2.60. The van der Waals surface area contributed by atoms with E-state index in [9.17, 15) is 4.79 Å². The zero-order valence-corrected chi connectivity index (χ0v) is 9.57. The molecule has 0 radical (unpaired) electrons. The minimum absolute atomic E-state index is 0.365. The molecule has 0 bridgehead atoms. The lowest BCUT2D eigenvalue weighted by Gasteiger charge is -2.14. The number of carboxylic acid groups (broad SMARTS) is 1. The summed E-state index contributed by atoms with van der Waals surface area (Å²) in [6.45, 7) is 4.29. The highest BCUT2D eigenvalue weighted by atomic mass is 16.4. The van der Waals surface area contributed by atoms with Crippen LogP contribution in [-0.2, 0) is 4.79 Å². The van der Waals surface area contributed by atoms with E-state index in [2.05, 4.69) is 6.92 Å². The number of aliphatic carboxylic acids is 1. The summed E-state index contributed by atoms with van der Waals surface area (Å²) in [5, 5.41) is 9.09. The second-order valence-corrected chi connectivity index (χ2v) is 6.40. The SMILES string of the molecule is CC1CC(CC2CC2(C)C(=O)O)C2CC12. The van der Waals surface area contributed by atoms with Crippen LogP contribution in [0.25, 0.3) is 0 Å². The predicted molar refractivity (Wildman–Crippen MR) is 57.3 cm³/mol. The molecule has 2 heteroatoms. The Hall–Kier alpha value is -0.530. The van der Waals surface area contributed by atoms with E-state index < -0.39 is 5.97 Å². The summed E-state index contributed by atoms with van der Waals surface area (Å²) in [5.41, 5.74) is -0.365. The molecule has 6 unspecified atom stereocenters. The highest BCUT2D eigenvalue weighted by molar-refractivity contribution is 5.78. The first-order valence-corrected chi connectivity index (χ1v) is 6.26. The number of hydrogen-bond acceptors (Lipinski definition) is 1. The Bertz CT molecular complexity index is 312. The van der Waals surface area contributed by atoms with Gasteiger partial charge in [0, 0.05) is 0 Å². The molecule has 0 aromatic carbocycles. The molecule has 15 heavy (non-hydrogen) atoms. The maximum Gasteiger partial charge on any atom is 0.309 e. The lowest BCUT2D eigenvalue weighted by atomic mass is 9.91. The van der Waals surface area contributed by atoms with Crippen LogP contribution >= 0.6 is 0 Å². The largest absolute Gasteiger partial charge is 0.481 e. The van der Waals surface area contributed by atoms with Crippen molar-refractivity contribution in [3.8, 4) is 0 Å². The molecule has 0 aliphatic heterocycles. The fraction of sp³-hybridized carbons (Fsp3) is 0.923. The third-order valence-corrected chi connectivity index (χ3v) is 5.39. The van der Waals surface area contributed by atoms with Crippen LogP contribution in [0, 0.1) is 35.0 Å². The van der Waals surface area contributed by atoms with E-state index in [1.54, 1.807) is 0 Å². The summed E-state index contributed by atoms with van der Waals surface area (Å²) >= 11 is 0. The summed E-state index contributed by atoms with van der Waals surface area (Å²) in [6.07, 6.45) is 4.91. The molecule has 3 saturated carbocycles. The summed E-state index contributed by atoms with van der Waals surface area (Å²) in [5.74, 6) is 3.65. The molecule has 0 aromatic rings. The van der Waals surface area contributed by atoms with E-state index >= 15 is 0 Å². The third-order valence-electron chi connectivity index (χ3n) is 5.39. The van der Waals surface area contributed by atoms with Crippen molar-refractivity contribution in [2.75, 3.05) is 0 Å². The number of hydrogen-bond donors (Lipinski definition) is 1. The van der Waals surface area contributed by atoms with Crippen LogP contribution in [0.1, 0.15) is 39.5 Å². The quantitative estimate of drug-likeness (QED) is 0.774. The Morgan fingerprint density at radius 1 is 1.40 bits per heavy atom. The van der Waals surface area contributed by atoms with Crippen LogP contribution in [0.5, 0.6) is 0 Å². The summed E-state index contributed by atoms with van der Waals surface area (Å²) in [4.78, 5) is 11.0. The van der Waals surface area contributed by atoms with Gasteiger partial charge >= 0.3 is 5.97 Å². The molecule has 0 amide bonds. The Balaban J connectivity index is 1.58. The molecule has 0 heterocycles. The number of carbonyl (C=O) groups is 1. The van der Waals surface area contributed by atoms with Crippen LogP contribution in [0.4, 0.5) is 0 Å². The van der Waals surface area contributed by atoms with Gasteiger partial charge in [0.25, 0.3) is 0 Å². The maximum absolute atomic E-state index is 11.0. The Morgan fingerprint density at radius 3 is 2.53 bits per heavy atom. The van der Waals surface area contributed by atoms with Gasteiger partial charge in [-0.15, -0.1) is 0 Å². The summed E-state index contributed by atoms with van der Waals surface area (Å²) in [7, 11) is 0. The summed E-state index contributed by atoms with van der Waals surface area (Å²) < 4.78 is 0. The molecule has 2 nitrogen and oxygen atoms in total. The molecule has 3 fully saturated rings. The highest BCUT2D eigenvalue weighted by Crippen LogP contribution is 2.64. The third kappa shape index (κ3) is 1.33. The van der Waals surface area contributed by atoms with E-state index in [-0.39, 0.29) is 5.41 Å². The van der Waals surface area contributed by atoms with Crippen LogP contribution < -0.4 is 0 Å². The minimum Gasteiger partial charge on any atom is -0.481 e. The van der Waals surface area contributed by atoms with E-state index in [4.69, 9.17) is 5.11 Å². The minimum atomic E-state index is -0.578. The van der Waals surface area contributed by atoms with E-state index in [1.807, 2.05) is 6.92 Å². The second-order valence-electron chi connectivity index (χ2n) is 6.40. The van der Waals surface area contributed by atoms with Crippen molar-refractivity contribution >= 4 is 5.97 Å². The zero-order chi connectivity index (χ0) is 10.8. The van der Waals surface area contributed by atoms with Crippen molar-refractivity contribution in [2.45, 2.75) is 39.5 Å². The molecule has 84 valence electrons. The van der Waals surface area contributed by atoms with Gasteiger partial charge in [0.1, 0.15) is 0 Å². The topological polar surface area (TPSA) is 37.3 Å². The van der Waals surface area contributed by atoms with Crippen molar-refractivity contribution in [1.29, 1.82) is 0 Å². The Morgan fingerprint density at radius 2 is 2.13 bits per heavy atom. The molecular formula is C13H20O2. The molecule has 3 rings (SSSR count). The molecule has 6 atom stereocenters. The van der Waals surface area contributed by atoms with Gasteiger partial charge in [0.15, 0.2) is 0 Å². The van der Waals surface area contributed by atoms with Crippen LogP contribution in [0.2, 0.25) is 0 Å². The van der Waals surface area contributed by atoms with Gasteiger partial charge in [-0.25, -0.2) is 0 Å². The average molecular weight is 208 g/mol. The first-order chi connectivity index (χ1) is 7.02. The van der Waals surface area contributed by atoms with Crippen molar-refractivity contribution in [1.82, 2.24) is 0 Å². The van der Waals surface area contributed by atoms with E-state index in [0.29, 0.717) is 5.92 Å². The lowest BCUT2D eigenvalue weighted by molar-refractivity contribution is -0.143. The number of rotatable bonds is 3. The van der Waals surface area contributed by atoms with E-state index in [1.165, 1.54) is 19.3 Å². The van der Waals surface area contributed by atoms with Gasteiger partial charge in [0.05, 0.1) is 5.41 Å². The van der Waals surface area contributed by atoms with E-state index in [0.717, 1.165) is 30.1 Å². The van der Waals surface area contributed by atoms with Gasteiger partial charge in [0.2, 0.25) is 0 Å². The molecule has 0 aromatic heterocycles. The van der Waals surface area contributed by atoms with Gasteiger partial charge in [-0.05, 0) is 62.2 Å². The van der Waals surface area contributed by atoms with Crippen molar-refractivity contribution in [3.05, 3.63) is 0 Å². The number of fused-ring (bicyclic) bond motifs is 1. The summed E-state index contributed by atoms with van der Waals surface area (Å²) in [6, 6.07) is 0. The van der Waals surface area contributed by atoms with Gasteiger partial charge < -0.3 is 5.11 Å². The zero-order valence-electron chi connectivity index (χ0n) is 9.57. The fourth-order valence-corrected chi connectivity index (χ4v) is 3.95. The standard InChI is InChI=1S/C13H20O2/c1-7-3-8(11-5-10(7)11)4-9-6-13(9,2)12(14)15/h7-11H,3-6H2,1-2H3,(H,14,15). The first kappa shape index (κ1) is 9.68. The van der Waals surface area contributed by atoms with Crippen molar-refractivity contribution in [3.63, 3.8) is 0 Å². The number of carboxylic acids is 1. The van der Waals surface area contributed by atoms with Gasteiger partial charge in [-0.1, -0.05) is 6.92 Å². The van der Waals surface area contributed by atoms with Crippen LogP contribution in [-0.4, -0.2) is 11.1 Å². The lowest BCUT2D eigenvalue weighted by Crippen LogP contribution is -2.14. The second kappa shape index (κ2) is 2.78. The first-order valence-electron chi connectivity index (χ1n) is 6.26. The molecule has 3 aliphatic rings. The monoisotopic (exact) mass is 208 g/mol. The van der Waals surface area contributed by atoms with Crippen LogP contribution in [0.3, 0.4) is 0 Å². The molecule has 3 aliphatic carbocycles. The molecular weight excluding hydrogens is 188 g/mol. The van der Waals surface area contributed by atoms with Crippen molar-refractivity contribution in [2.24, 2.45) is 35.0 Å². The van der Waals surface area contributed by atoms with Gasteiger partial charge in [-0.2, -0.15) is 0 Å². The maximum atomic E-state index is 11.0. The van der Waals surface area contributed by atoms with Gasteiger partial charge in [-0.3, -0.25) is 4.79 Å². The Kier molecular flexibility index (Phi) is 1.79. The smallest absolute Gasteiger partial charge is 0.309 e. The van der Waals surface area contributed by atoms with Crippen LogP contribution in [0.15, 0.2) is 0 Å². The molecule has 1 N–H and O–H groups in total. The van der Waals surface area contributed by atoms with Crippen molar-refractivity contribution < 1.29 is 9.90 Å². The fourth-order valence-electron chi connectivity index (χ4n) is 3.95. The molecule has 0 spiro atoms. The normalized spacial score (nSPS) is 56.3. The predicted octanol–water partition coefficient (Wildman–Crippen LogP) is 2.78. The Labute approximate surface area is 91.1 Å². The average Bonchev–Trinajstić information content (AvgIpc) is 2.99.